The minimum atomic E-state index is 0.118. The molecule has 0 saturated heterocycles. The molecule has 0 spiro atoms. The van der Waals surface area contributed by atoms with Gasteiger partial charge in [-0.15, -0.1) is 6.58 Å². The number of rotatable bonds is 8. The highest BCUT2D eigenvalue weighted by atomic mass is 16.3. The number of anilines is 1. The molecular formula is C17H23N3O. The Morgan fingerprint density at radius 2 is 2.19 bits per heavy atom. The normalized spacial score (nSPS) is 10.8. The molecule has 4 nitrogen and oxygen atoms in total. The molecule has 0 radical (unpaired) electrons. The highest BCUT2D eigenvalue weighted by Crippen LogP contribution is 2.26. The zero-order valence-electron chi connectivity index (χ0n) is 12.5. The molecule has 0 bridgehead atoms. The van der Waals surface area contributed by atoms with Crippen LogP contribution in [0.5, 0.6) is 0 Å². The number of aromatic nitrogens is 1. The Morgan fingerprint density at radius 3 is 2.90 bits per heavy atom. The van der Waals surface area contributed by atoms with Crippen LogP contribution < -0.4 is 10.2 Å². The molecule has 2 N–H and O–H groups in total. The molecule has 1 aromatic carbocycles. The lowest BCUT2D eigenvalue weighted by atomic mass is 10.1. The van der Waals surface area contributed by atoms with E-state index in [1.807, 2.05) is 24.3 Å². The van der Waals surface area contributed by atoms with Crippen LogP contribution in [0.15, 0.2) is 43.0 Å². The molecule has 0 fully saturated rings. The average molecular weight is 285 g/mol. The Kier molecular flexibility index (Phi) is 5.72. The van der Waals surface area contributed by atoms with Crippen LogP contribution in [0.3, 0.4) is 0 Å². The summed E-state index contributed by atoms with van der Waals surface area (Å²) in [5.74, 6) is 0. The third kappa shape index (κ3) is 3.80. The van der Waals surface area contributed by atoms with Gasteiger partial charge in [-0.25, -0.2) is 0 Å². The second-order valence-corrected chi connectivity index (χ2v) is 4.89. The fraction of sp³-hybridized carbons (Fsp3) is 0.353. The fourth-order valence-corrected chi connectivity index (χ4v) is 2.40. The monoisotopic (exact) mass is 285 g/mol. The molecule has 0 atom stereocenters. The first-order valence-corrected chi connectivity index (χ1v) is 7.36. The quantitative estimate of drug-likeness (QED) is 0.731. The maximum Gasteiger partial charge on any atom is 0.0726 e. The smallest absolute Gasteiger partial charge is 0.0726 e. The van der Waals surface area contributed by atoms with Gasteiger partial charge >= 0.3 is 0 Å². The van der Waals surface area contributed by atoms with Crippen molar-refractivity contribution in [3.63, 3.8) is 0 Å². The van der Waals surface area contributed by atoms with E-state index in [1.54, 1.807) is 0 Å². The number of aliphatic hydroxyl groups excluding tert-OH is 1. The van der Waals surface area contributed by atoms with Crippen molar-refractivity contribution in [2.75, 3.05) is 31.1 Å². The van der Waals surface area contributed by atoms with Gasteiger partial charge in [0, 0.05) is 30.7 Å². The van der Waals surface area contributed by atoms with E-state index < -0.39 is 0 Å². The van der Waals surface area contributed by atoms with Crippen molar-refractivity contribution in [2.24, 2.45) is 0 Å². The Hall–Kier alpha value is -1.91. The molecule has 2 aromatic rings. The summed E-state index contributed by atoms with van der Waals surface area (Å²) >= 11 is 0. The van der Waals surface area contributed by atoms with Crippen LogP contribution in [-0.2, 0) is 6.54 Å². The van der Waals surface area contributed by atoms with Gasteiger partial charge in [-0.3, -0.25) is 4.98 Å². The van der Waals surface area contributed by atoms with Crippen molar-refractivity contribution in [3.05, 3.63) is 48.7 Å². The van der Waals surface area contributed by atoms with Gasteiger partial charge in [0.1, 0.15) is 0 Å². The Morgan fingerprint density at radius 1 is 1.38 bits per heavy atom. The molecule has 0 amide bonds. The predicted octanol–water partition coefficient (Wildman–Crippen LogP) is 2.33. The summed E-state index contributed by atoms with van der Waals surface area (Å²) < 4.78 is 0. The van der Waals surface area contributed by atoms with Gasteiger partial charge < -0.3 is 15.3 Å². The van der Waals surface area contributed by atoms with Crippen molar-refractivity contribution in [1.29, 1.82) is 0 Å². The molecule has 0 saturated carbocycles. The molecule has 0 aliphatic carbocycles. The summed E-state index contributed by atoms with van der Waals surface area (Å²) in [5, 5.41) is 13.7. The van der Waals surface area contributed by atoms with Crippen LogP contribution in [0.1, 0.15) is 12.6 Å². The molecular weight excluding hydrogens is 262 g/mol. The number of hydrogen-bond donors (Lipinski definition) is 2. The van der Waals surface area contributed by atoms with Crippen molar-refractivity contribution in [3.8, 4) is 0 Å². The third-order valence-electron chi connectivity index (χ3n) is 3.36. The highest BCUT2D eigenvalue weighted by Gasteiger charge is 2.11. The third-order valence-corrected chi connectivity index (χ3v) is 3.36. The topological polar surface area (TPSA) is 48.4 Å². The molecule has 1 heterocycles. The molecule has 21 heavy (non-hydrogen) atoms. The standard InChI is InChI=1S/C17H23N3O/c1-3-9-20(10-11-21)17-12-14(13-18-4-2)19-16-8-6-5-7-15(16)17/h3,5-8,12,18,21H,1,4,9-11,13H2,2H3. The highest BCUT2D eigenvalue weighted by molar-refractivity contribution is 5.92. The molecule has 0 aliphatic rings. The van der Waals surface area contributed by atoms with E-state index in [1.165, 1.54) is 0 Å². The van der Waals surface area contributed by atoms with Gasteiger partial charge in [0.25, 0.3) is 0 Å². The molecule has 112 valence electrons. The first-order chi connectivity index (χ1) is 10.3. The van der Waals surface area contributed by atoms with Crippen LogP contribution in [0.2, 0.25) is 0 Å². The van der Waals surface area contributed by atoms with Crippen LogP contribution >= 0.6 is 0 Å². The minimum absolute atomic E-state index is 0.118. The number of para-hydroxylation sites is 1. The SMILES string of the molecule is C=CCN(CCO)c1cc(CNCC)nc2ccccc12. The van der Waals surface area contributed by atoms with Crippen molar-refractivity contribution < 1.29 is 5.11 Å². The number of nitrogens with one attached hydrogen (secondary N) is 1. The van der Waals surface area contributed by atoms with Crippen LogP contribution in [0, 0.1) is 0 Å². The lowest BCUT2D eigenvalue weighted by Gasteiger charge is -2.24. The van der Waals surface area contributed by atoms with Gasteiger partial charge in [0.2, 0.25) is 0 Å². The van der Waals surface area contributed by atoms with E-state index >= 15 is 0 Å². The lowest BCUT2D eigenvalue weighted by Crippen LogP contribution is -2.27. The van der Waals surface area contributed by atoms with Crippen molar-refractivity contribution in [2.45, 2.75) is 13.5 Å². The summed E-state index contributed by atoms with van der Waals surface area (Å²) in [6, 6.07) is 10.2. The maximum absolute atomic E-state index is 9.30. The van der Waals surface area contributed by atoms with Gasteiger partial charge in [0.15, 0.2) is 0 Å². The zero-order chi connectivity index (χ0) is 15.1. The van der Waals surface area contributed by atoms with Gasteiger partial charge in [-0.05, 0) is 18.7 Å². The molecule has 0 aliphatic heterocycles. The first kappa shape index (κ1) is 15.5. The summed E-state index contributed by atoms with van der Waals surface area (Å²) in [7, 11) is 0. The van der Waals surface area contributed by atoms with Gasteiger partial charge in [0.05, 0.1) is 17.8 Å². The Balaban J connectivity index is 2.48. The van der Waals surface area contributed by atoms with E-state index in [4.69, 9.17) is 4.98 Å². The maximum atomic E-state index is 9.30. The molecule has 2 rings (SSSR count). The summed E-state index contributed by atoms with van der Waals surface area (Å²) in [4.78, 5) is 6.83. The summed E-state index contributed by atoms with van der Waals surface area (Å²) in [5.41, 5.74) is 3.09. The Labute approximate surface area is 126 Å². The van der Waals surface area contributed by atoms with E-state index in [0.29, 0.717) is 13.1 Å². The summed E-state index contributed by atoms with van der Waals surface area (Å²) in [6.45, 7) is 8.95. The van der Waals surface area contributed by atoms with Crippen LogP contribution in [0.25, 0.3) is 10.9 Å². The van der Waals surface area contributed by atoms with Crippen molar-refractivity contribution in [1.82, 2.24) is 10.3 Å². The molecule has 4 heteroatoms. The minimum Gasteiger partial charge on any atom is -0.395 e. The molecule has 1 aromatic heterocycles. The van der Waals surface area contributed by atoms with E-state index in [-0.39, 0.29) is 6.61 Å². The van der Waals surface area contributed by atoms with E-state index in [9.17, 15) is 5.11 Å². The number of fused-ring (bicyclic) bond motifs is 1. The van der Waals surface area contributed by atoms with E-state index in [2.05, 4.69) is 35.9 Å². The van der Waals surface area contributed by atoms with Crippen LogP contribution in [0.4, 0.5) is 5.69 Å². The fourth-order valence-electron chi connectivity index (χ4n) is 2.40. The number of aliphatic hydroxyl groups is 1. The second kappa shape index (κ2) is 7.76. The lowest BCUT2D eigenvalue weighted by molar-refractivity contribution is 0.303. The number of pyridine rings is 1. The number of nitrogens with zero attached hydrogens (tertiary/aromatic N) is 2. The predicted molar refractivity (Wildman–Crippen MR) is 88.6 cm³/mol. The number of hydrogen-bond acceptors (Lipinski definition) is 4. The zero-order valence-corrected chi connectivity index (χ0v) is 12.5. The summed E-state index contributed by atoms with van der Waals surface area (Å²) in [6.07, 6.45) is 1.86. The first-order valence-electron chi connectivity index (χ1n) is 7.36. The average Bonchev–Trinajstić information content (AvgIpc) is 2.52. The van der Waals surface area contributed by atoms with Crippen molar-refractivity contribution >= 4 is 16.6 Å². The van der Waals surface area contributed by atoms with E-state index in [0.717, 1.165) is 35.4 Å². The van der Waals surface area contributed by atoms with Gasteiger partial charge in [-0.1, -0.05) is 31.2 Å². The van der Waals surface area contributed by atoms with Gasteiger partial charge in [-0.2, -0.15) is 0 Å². The number of benzene rings is 1. The molecule has 0 unspecified atom stereocenters. The second-order valence-electron chi connectivity index (χ2n) is 4.89. The largest absolute Gasteiger partial charge is 0.395 e. The van der Waals surface area contributed by atoms with Crippen LogP contribution in [-0.4, -0.2) is 36.3 Å². The Bertz CT molecular complexity index is 598.